The molecule has 5 heteroatoms. The Labute approximate surface area is 135 Å². The fourth-order valence-corrected chi connectivity index (χ4v) is 3.04. The summed E-state index contributed by atoms with van der Waals surface area (Å²) in [7, 11) is 4.15. The fraction of sp³-hybridized carbons (Fsp3) is 0.353. The highest BCUT2D eigenvalue weighted by atomic mass is 32.1. The molecular weight excluding hydrogens is 296 g/mol. The van der Waals surface area contributed by atoms with E-state index in [0.29, 0.717) is 6.79 Å². The Hall–Kier alpha value is -1.85. The average molecular weight is 316 g/mol. The van der Waals surface area contributed by atoms with E-state index in [1.54, 1.807) is 11.3 Å². The quantitative estimate of drug-likeness (QED) is 0.790. The van der Waals surface area contributed by atoms with Crippen molar-refractivity contribution in [3.63, 3.8) is 0 Å². The molecule has 0 N–H and O–H groups in total. The van der Waals surface area contributed by atoms with E-state index in [0.717, 1.165) is 35.0 Å². The first-order valence-electron chi connectivity index (χ1n) is 7.29. The first-order valence-corrected chi connectivity index (χ1v) is 8.11. The molecule has 0 bridgehead atoms. The third kappa shape index (κ3) is 3.48. The van der Waals surface area contributed by atoms with Gasteiger partial charge in [0.2, 0.25) is 6.79 Å². The number of nitrogens with zero attached hydrogens (tertiary/aromatic N) is 2. The number of hydrogen-bond acceptors (Lipinski definition) is 5. The maximum atomic E-state index is 5.48. The lowest BCUT2D eigenvalue weighted by Crippen LogP contribution is -2.15. The van der Waals surface area contributed by atoms with Crippen LogP contribution in [0.5, 0.6) is 11.5 Å². The van der Waals surface area contributed by atoms with E-state index in [1.165, 1.54) is 10.4 Å². The minimum absolute atomic E-state index is 0.291. The summed E-state index contributed by atoms with van der Waals surface area (Å²) in [4.78, 5) is 9.30. The van der Waals surface area contributed by atoms with Gasteiger partial charge in [0.15, 0.2) is 11.5 Å². The molecule has 0 amide bonds. The van der Waals surface area contributed by atoms with Crippen LogP contribution in [-0.4, -0.2) is 38.5 Å². The van der Waals surface area contributed by atoms with E-state index >= 15 is 0 Å². The molecule has 116 valence electrons. The molecule has 1 aromatic carbocycles. The topological polar surface area (TPSA) is 34.1 Å². The normalized spacial score (nSPS) is 13.5. The zero-order valence-corrected chi connectivity index (χ0v) is 13.9. The second-order valence-electron chi connectivity index (χ2n) is 5.59. The Morgan fingerprint density at radius 1 is 1.23 bits per heavy atom. The standard InChI is InChI=1S/C17H20N2O2S/c1-12-4-5-14(22-12)10-18-15-9-17-16(20-11-21-17)8-13(15)6-7-19(2)3/h4-5,8-10H,6-7,11H2,1-3H3. The van der Waals surface area contributed by atoms with Gasteiger partial charge < -0.3 is 14.4 Å². The lowest BCUT2D eigenvalue weighted by atomic mass is 10.1. The summed E-state index contributed by atoms with van der Waals surface area (Å²) in [5, 5.41) is 0. The monoisotopic (exact) mass is 316 g/mol. The summed E-state index contributed by atoms with van der Waals surface area (Å²) in [6.07, 6.45) is 2.86. The number of ether oxygens (including phenoxy) is 2. The largest absolute Gasteiger partial charge is 0.454 e. The van der Waals surface area contributed by atoms with Gasteiger partial charge in [0.05, 0.1) is 5.69 Å². The van der Waals surface area contributed by atoms with Crippen LogP contribution in [0.4, 0.5) is 5.69 Å². The number of aliphatic imine (C=N–C) groups is 1. The lowest BCUT2D eigenvalue weighted by molar-refractivity contribution is 0.174. The Kier molecular flexibility index (Phi) is 4.45. The Bertz CT molecular complexity index is 692. The van der Waals surface area contributed by atoms with Gasteiger partial charge in [-0.3, -0.25) is 4.99 Å². The first-order chi connectivity index (χ1) is 10.6. The van der Waals surface area contributed by atoms with Gasteiger partial charge in [0, 0.05) is 28.6 Å². The number of aryl methyl sites for hydroxylation is 1. The van der Waals surface area contributed by atoms with E-state index in [4.69, 9.17) is 9.47 Å². The average Bonchev–Trinajstić information content (AvgIpc) is 3.10. The molecular formula is C17H20N2O2S. The van der Waals surface area contributed by atoms with Crippen molar-refractivity contribution in [1.29, 1.82) is 0 Å². The molecule has 4 nitrogen and oxygen atoms in total. The van der Waals surface area contributed by atoms with Gasteiger partial charge in [-0.15, -0.1) is 11.3 Å². The van der Waals surface area contributed by atoms with Crippen molar-refractivity contribution in [2.24, 2.45) is 4.99 Å². The summed E-state index contributed by atoms with van der Waals surface area (Å²) >= 11 is 1.74. The van der Waals surface area contributed by atoms with E-state index < -0.39 is 0 Å². The number of fused-ring (bicyclic) bond motifs is 1. The summed E-state index contributed by atoms with van der Waals surface area (Å²) in [5.74, 6) is 1.60. The van der Waals surface area contributed by atoms with Gasteiger partial charge >= 0.3 is 0 Å². The molecule has 1 aromatic heterocycles. The highest BCUT2D eigenvalue weighted by Gasteiger charge is 2.17. The second-order valence-corrected chi connectivity index (χ2v) is 6.91. The van der Waals surface area contributed by atoms with Crippen molar-refractivity contribution in [2.75, 3.05) is 27.4 Å². The predicted molar refractivity (Wildman–Crippen MR) is 91.1 cm³/mol. The lowest BCUT2D eigenvalue weighted by Gasteiger charge is -2.11. The summed E-state index contributed by atoms with van der Waals surface area (Å²) in [6.45, 7) is 3.37. The van der Waals surface area contributed by atoms with Crippen LogP contribution in [0.15, 0.2) is 29.3 Å². The molecule has 0 fully saturated rings. The smallest absolute Gasteiger partial charge is 0.231 e. The summed E-state index contributed by atoms with van der Waals surface area (Å²) in [5.41, 5.74) is 2.14. The van der Waals surface area contributed by atoms with E-state index in [9.17, 15) is 0 Å². The zero-order valence-electron chi connectivity index (χ0n) is 13.1. The van der Waals surface area contributed by atoms with Crippen LogP contribution in [0.1, 0.15) is 15.3 Å². The Morgan fingerprint density at radius 3 is 2.68 bits per heavy atom. The van der Waals surface area contributed by atoms with Gasteiger partial charge in [-0.2, -0.15) is 0 Å². The molecule has 2 aromatic rings. The number of likely N-dealkylation sites (N-methyl/N-ethyl adjacent to an activating group) is 1. The van der Waals surface area contributed by atoms with Crippen molar-refractivity contribution in [1.82, 2.24) is 4.90 Å². The maximum absolute atomic E-state index is 5.48. The summed E-state index contributed by atoms with van der Waals surface area (Å²) < 4.78 is 11.0. The van der Waals surface area contributed by atoms with Crippen molar-refractivity contribution >= 4 is 23.2 Å². The minimum Gasteiger partial charge on any atom is -0.454 e. The highest BCUT2D eigenvalue weighted by molar-refractivity contribution is 7.13. The highest BCUT2D eigenvalue weighted by Crippen LogP contribution is 2.38. The van der Waals surface area contributed by atoms with Crippen LogP contribution in [0.3, 0.4) is 0 Å². The molecule has 1 aliphatic heterocycles. The molecule has 2 heterocycles. The van der Waals surface area contributed by atoms with Gasteiger partial charge in [0.1, 0.15) is 0 Å². The third-order valence-electron chi connectivity index (χ3n) is 3.49. The summed E-state index contributed by atoms with van der Waals surface area (Å²) in [6, 6.07) is 8.23. The van der Waals surface area contributed by atoms with Gasteiger partial charge in [-0.25, -0.2) is 0 Å². The molecule has 3 rings (SSSR count). The predicted octanol–water partition coefficient (Wildman–Crippen LogP) is 3.64. The van der Waals surface area contributed by atoms with Crippen molar-refractivity contribution < 1.29 is 9.47 Å². The van der Waals surface area contributed by atoms with E-state index in [2.05, 4.69) is 49.1 Å². The van der Waals surface area contributed by atoms with Crippen LogP contribution in [0, 0.1) is 6.92 Å². The molecule has 22 heavy (non-hydrogen) atoms. The van der Waals surface area contributed by atoms with Crippen LogP contribution in [0.25, 0.3) is 0 Å². The molecule has 1 aliphatic rings. The van der Waals surface area contributed by atoms with Gasteiger partial charge in [0.25, 0.3) is 0 Å². The van der Waals surface area contributed by atoms with Crippen LogP contribution in [-0.2, 0) is 6.42 Å². The fourth-order valence-electron chi connectivity index (χ4n) is 2.29. The first kappa shape index (κ1) is 15.1. The zero-order chi connectivity index (χ0) is 15.5. The maximum Gasteiger partial charge on any atom is 0.231 e. The molecule has 0 saturated heterocycles. The number of benzene rings is 1. The molecule has 0 radical (unpaired) electrons. The van der Waals surface area contributed by atoms with Gasteiger partial charge in [-0.1, -0.05) is 0 Å². The molecule has 0 unspecified atom stereocenters. The molecule has 0 atom stereocenters. The van der Waals surface area contributed by atoms with Crippen molar-refractivity contribution in [2.45, 2.75) is 13.3 Å². The molecule has 0 aliphatic carbocycles. The van der Waals surface area contributed by atoms with Crippen LogP contribution >= 0.6 is 11.3 Å². The van der Waals surface area contributed by atoms with Crippen LogP contribution in [0.2, 0.25) is 0 Å². The number of rotatable bonds is 5. The number of thiophene rings is 1. The van der Waals surface area contributed by atoms with Crippen molar-refractivity contribution in [3.8, 4) is 11.5 Å². The molecule has 0 spiro atoms. The minimum atomic E-state index is 0.291. The SMILES string of the molecule is Cc1ccc(C=Nc2cc3c(cc2CCN(C)C)OCO3)s1. The number of hydrogen-bond donors (Lipinski definition) is 0. The van der Waals surface area contributed by atoms with E-state index in [-0.39, 0.29) is 0 Å². The Morgan fingerprint density at radius 2 is 2.00 bits per heavy atom. The van der Waals surface area contributed by atoms with Crippen LogP contribution < -0.4 is 9.47 Å². The third-order valence-corrected chi connectivity index (χ3v) is 4.43. The Balaban J connectivity index is 1.88. The second kappa shape index (κ2) is 6.50. The molecule has 0 saturated carbocycles. The van der Waals surface area contributed by atoms with Gasteiger partial charge in [-0.05, 0) is 51.2 Å². The van der Waals surface area contributed by atoms with Crippen molar-refractivity contribution in [3.05, 3.63) is 39.6 Å². The van der Waals surface area contributed by atoms with E-state index in [1.807, 2.05) is 12.3 Å².